The lowest BCUT2D eigenvalue weighted by Gasteiger charge is -2.14. The second-order valence-electron chi connectivity index (χ2n) is 5.95. The fraction of sp³-hybridized carbons (Fsp3) is 0.353. The number of aliphatic hydroxyl groups excluding tert-OH is 1. The molecular weight excluding hydrogens is 264 g/mol. The number of carbonyl (C=O) groups is 1. The smallest absolute Gasteiger partial charge is 0.241 e. The first-order valence-corrected chi connectivity index (χ1v) is 7.48. The molecule has 4 nitrogen and oxygen atoms in total. The molecule has 0 saturated carbocycles. The van der Waals surface area contributed by atoms with Crippen molar-refractivity contribution in [2.45, 2.75) is 31.4 Å². The summed E-state index contributed by atoms with van der Waals surface area (Å²) in [6, 6.07) is 10.1. The molecule has 21 heavy (non-hydrogen) atoms. The van der Waals surface area contributed by atoms with Gasteiger partial charge in [-0.3, -0.25) is 4.79 Å². The molecule has 0 spiro atoms. The minimum absolute atomic E-state index is 0.0646. The SMILES string of the molecule is O=C(Nc1ccc2c3c(cccc13)CC2)C1CC(O)CN1. The molecule has 2 atom stereocenters. The summed E-state index contributed by atoms with van der Waals surface area (Å²) in [6.45, 7) is 0.488. The van der Waals surface area contributed by atoms with E-state index in [1.807, 2.05) is 6.07 Å². The Morgan fingerprint density at radius 2 is 2.00 bits per heavy atom. The van der Waals surface area contributed by atoms with Gasteiger partial charge in [0.25, 0.3) is 0 Å². The van der Waals surface area contributed by atoms with E-state index < -0.39 is 6.10 Å². The van der Waals surface area contributed by atoms with Gasteiger partial charge in [0.15, 0.2) is 0 Å². The molecule has 2 aromatic rings. The number of aryl methyl sites for hydroxylation is 2. The van der Waals surface area contributed by atoms with Crippen LogP contribution in [0.15, 0.2) is 30.3 Å². The first-order valence-electron chi connectivity index (χ1n) is 7.48. The number of β-amino-alcohol motifs (C(OH)–C–C–N with tert-alkyl or cyclic N) is 1. The number of hydrogen-bond donors (Lipinski definition) is 3. The molecule has 1 amide bonds. The van der Waals surface area contributed by atoms with Gasteiger partial charge in [-0.2, -0.15) is 0 Å². The van der Waals surface area contributed by atoms with Crippen molar-refractivity contribution >= 4 is 22.4 Å². The van der Waals surface area contributed by atoms with Crippen molar-refractivity contribution in [3.63, 3.8) is 0 Å². The average Bonchev–Trinajstić information content (AvgIpc) is 3.10. The second kappa shape index (κ2) is 4.83. The van der Waals surface area contributed by atoms with E-state index in [2.05, 4.69) is 34.9 Å². The molecule has 1 saturated heterocycles. The van der Waals surface area contributed by atoms with Gasteiger partial charge in [-0.05, 0) is 41.8 Å². The number of aliphatic hydroxyl groups is 1. The maximum Gasteiger partial charge on any atom is 0.241 e. The lowest BCUT2D eigenvalue weighted by Crippen LogP contribution is -2.35. The Hall–Kier alpha value is -1.91. The van der Waals surface area contributed by atoms with Crippen LogP contribution in [0.2, 0.25) is 0 Å². The van der Waals surface area contributed by atoms with Gasteiger partial charge in [0, 0.05) is 17.6 Å². The lowest BCUT2D eigenvalue weighted by atomic mass is 10.0. The van der Waals surface area contributed by atoms with E-state index in [-0.39, 0.29) is 11.9 Å². The van der Waals surface area contributed by atoms with Crippen molar-refractivity contribution in [3.05, 3.63) is 41.5 Å². The molecule has 1 aliphatic carbocycles. The number of nitrogens with one attached hydrogen (secondary N) is 2. The Morgan fingerprint density at radius 3 is 2.76 bits per heavy atom. The molecule has 1 heterocycles. The van der Waals surface area contributed by atoms with Crippen LogP contribution in [-0.2, 0) is 17.6 Å². The van der Waals surface area contributed by atoms with Crippen LogP contribution >= 0.6 is 0 Å². The summed E-state index contributed by atoms with van der Waals surface area (Å²) >= 11 is 0. The molecule has 2 unspecified atom stereocenters. The van der Waals surface area contributed by atoms with E-state index in [4.69, 9.17) is 0 Å². The van der Waals surface area contributed by atoms with Gasteiger partial charge in [-0.25, -0.2) is 0 Å². The van der Waals surface area contributed by atoms with E-state index in [1.54, 1.807) is 0 Å². The highest BCUT2D eigenvalue weighted by molar-refractivity contribution is 6.06. The zero-order valence-corrected chi connectivity index (χ0v) is 11.7. The fourth-order valence-electron chi connectivity index (χ4n) is 3.49. The summed E-state index contributed by atoms with van der Waals surface area (Å²) in [7, 11) is 0. The van der Waals surface area contributed by atoms with Crippen molar-refractivity contribution in [1.82, 2.24) is 5.32 Å². The maximum absolute atomic E-state index is 12.3. The number of benzene rings is 2. The maximum atomic E-state index is 12.3. The second-order valence-corrected chi connectivity index (χ2v) is 5.95. The molecule has 0 aromatic heterocycles. The molecule has 1 aliphatic heterocycles. The molecule has 3 N–H and O–H groups in total. The summed E-state index contributed by atoms with van der Waals surface area (Å²) in [4.78, 5) is 12.3. The highest BCUT2D eigenvalue weighted by Gasteiger charge is 2.28. The third-order valence-electron chi connectivity index (χ3n) is 4.56. The first kappa shape index (κ1) is 12.8. The van der Waals surface area contributed by atoms with Gasteiger partial charge in [-0.1, -0.05) is 24.3 Å². The summed E-state index contributed by atoms with van der Waals surface area (Å²) < 4.78 is 0. The van der Waals surface area contributed by atoms with Crippen molar-refractivity contribution in [3.8, 4) is 0 Å². The highest BCUT2D eigenvalue weighted by Crippen LogP contribution is 2.35. The van der Waals surface area contributed by atoms with Crippen molar-refractivity contribution in [1.29, 1.82) is 0 Å². The molecular formula is C17H18N2O2. The van der Waals surface area contributed by atoms with Crippen molar-refractivity contribution < 1.29 is 9.90 Å². The van der Waals surface area contributed by atoms with E-state index in [0.717, 1.165) is 23.9 Å². The summed E-state index contributed by atoms with van der Waals surface area (Å²) in [6.07, 6.45) is 2.22. The minimum atomic E-state index is -0.423. The molecule has 2 aromatic carbocycles. The van der Waals surface area contributed by atoms with Gasteiger partial charge in [0.1, 0.15) is 0 Å². The predicted molar refractivity (Wildman–Crippen MR) is 82.4 cm³/mol. The summed E-state index contributed by atoms with van der Waals surface area (Å²) in [5.41, 5.74) is 3.60. The largest absolute Gasteiger partial charge is 0.392 e. The molecule has 2 aliphatic rings. The van der Waals surface area contributed by atoms with E-state index >= 15 is 0 Å². The summed E-state index contributed by atoms with van der Waals surface area (Å²) in [5, 5.41) is 18.0. The number of hydrogen-bond acceptors (Lipinski definition) is 3. The van der Waals surface area contributed by atoms with Gasteiger partial charge in [0.2, 0.25) is 5.91 Å². The number of anilines is 1. The van der Waals surface area contributed by atoms with Crippen molar-refractivity contribution in [2.75, 3.05) is 11.9 Å². The predicted octanol–water partition coefficient (Wildman–Crippen LogP) is 1.60. The Balaban J connectivity index is 1.67. The monoisotopic (exact) mass is 282 g/mol. The molecule has 4 heteroatoms. The zero-order chi connectivity index (χ0) is 14.4. The standard InChI is InChI=1S/C17H18N2O2/c20-12-8-15(18-9-12)17(21)19-14-7-6-11-5-4-10-2-1-3-13(14)16(10)11/h1-3,6-7,12,15,18,20H,4-5,8-9H2,(H,19,21). The number of rotatable bonds is 2. The van der Waals surface area contributed by atoms with E-state index in [1.165, 1.54) is 16.5 Å². The third kappa shape index (κ3) is 2.11. The van der Waals surface area contributed by atoms with Crippen LogP contribution in [0.25, 0.3) is 10.8 Å². The van der Waals surface area contributed by atoms with Crippen LogP contribution in [-0.4, -0.2) is 29.7 Å². The fourth-order valence-corrected chi connectivity index (χ4v) is 3.49. The summed E-state index contributed by atoms with van der Waals surface area (Å²) in [5.74, 6) is -0.0646. The van der Waals surface area contributed by atoms with Crippen LogP contribution in [0.1, 0.15) is 17.5 Å². The minimum Gasteiger partial charge on any atom is -0.392 e. The molecule has 1 fully saturated rings. The van der Waals surface area contributed by atoms with Gasteiger partial charge >= 0.3 is 0 Å². The lowest BCUT2D eigenvalue weighted by molar-refractivity contribution is -0.117. The van der Waals surface area contributed by atoms with Crippen molar-refractivity contribution in [2.24, 2.45) is 0 Å². The first-order chi connectivity index (χ1) is 10.2. The van der Waals surface area contributed by atoms with Gasteiger partial charge < -0.3 is 15.7 Å². The van der Waals surface area contributed by atoms with Crippen LogP contribution in [0, 0.1) is 0 Å². The Kier molecular flexibility index (Phi) is 2.94. The molecule has 4 rings (SSSR count). The molecule has 0 bridgehead atoms. The third-order valence-corrected chi connectivity index (χ3v) is 4.56. The normalized spacial score (nSPS) is 23.7. The zero-order valence-electron chi connectivity index (χ0n) is 11.7. The highest BCUT2D eigenvalue weighted by atomic mass is 16.3. The topological polar surface area (TPSA) is 61.4 Å². The average molecular weight is 282 g/mol. The Morgan fingerprint density at radius 1 is 1.19 bits per heavy atom. The Bertz CT molecular complexity index is 716. The van der Waals surface area contributed by atoms with Crippen LogP contribution in [0.5, 0.6) is 0 Å². The number of amides is 1. The van der Waals surface area contributed by atoms with Gasteiger partial charge in [-0.15, -0.1) is 0 Å². The number of carbonyl (C=O) groups excluding carboxylic acids is 1. The molecule has 108 valence electrons. The van der Waals surface area contributed by atoms with Crippen LogP contribution < -0.4 is 10.6 Å². The van der Waals surface area contributed by atoms with Crippen LogP contribution in [0.4, 0.5) is 5.69 Å². The van der Waals surface area contributed by atoms with E-state index in [0.29, 0.717) is 13.0 Å². The van der Waals surface area contributed by atoms with E-state index in [9.17, 15) is 9.90 Å². The quantitative estimate of drug-likeness (QED) is 0.784. The van der Waals surface area contributed by atoms with Crippen LogP contribution in [0.3, 0.4) is 0 Å². The molecule has 0 radical (unpaired) electrons. The van der Waals surface area contributed by atoms with Gasteiger partial charge in [0.05, 0.1) is 12.1 Å². The Labute approximate surface area is 123 Å².